The molecule has 5 nitrogen and oxygen atoms in total. The van der Waals surface area contributed by atoms with E-state index in [2.05, 4.69) is 29.1 Å². The van der Waals surface area contributed by atoms with Crippen molar-refractivity contribution in [1.82, 2.24) is 9.88 Å². The first-order valence-corrected chi connectivity index (χ1v) is 8.90. The zero-order valence-corrected chi connectivity index (χ0v) is 13.4. The second-order valence-electron chi connectivity index (χ2n) is 5.34. The summed E-state index contributed by atoms with van der Waals surface area (Å²) in [5, 5.41) is 9.59. The van der Waals surface area contributed by atoms with Gasteiger partial charge in [0.15, 0.2) is 0 Å². The molecule has 0 saturated carbocycles. The fraction of sp³-hybridized carbons (Fsp3) is 0.467. The first kappa shape index (κ1) is 16.0. The van der Waals surface area contributed by atoms with Crippen molar-refractivity contribution in [3.63, 3.8) is 0 Å². The van der Waals surface area contributed by atoms with Crippen LogP contribution in [0.15, 0.2) is 24.4 Å². The van der Waals surface area contributed by atoms with E-state index in [0.717, 1.165) is 25.1 Å². The normalized spacial score (nSPS) is 12.1. The Labute approximate surface area is 126 Å². The summed E-state index contributed by atoms with van der Waals surface area (Å²) in [6.45, 7) is 4.00. The third kappa shape index (κ3) is 4.30. The lowest BCUT2D eigenvalue weighted by Gasteiger charge is -2.04. The van der Waals surface area contributed by atoms with Gasteiger partial charge in [0.25, 0.3) is 0 Å². The number of hydrogen-bond acceptors (Lipinski definition) is 3. The molecule has 0 saturated heterocycles. The molecule has 116 valence electrons. The number of aromatic nitrogens is 1. The number of fused-ring (bicyclic) bond motifs is 1. The lowest BCUT2D eigenvalue weighted by Crippen LogP contribution is -2.18. The number of aryl methyl sites for hydroxylation is 2. The molecule has 0 aliphatic heterocycles. The highest BCUT2D eigenvalue weighted by molar-refractivity contribution is 7.89. The zero-order chi connectivity index (χ0) is 15.5. The molecular formula is C15H23N3O2S. The van der Waals surface area contributed by atoms with Crippen molar-refractivity contribution in [1.29, 1.82) is 0 Å². The maximum atomic E-state index is 11.1. The highest BCUT2D eigenvalue weighted by atomic mass is 32.2. The van der Waals surface area contributed by atoms with E-state index in [9.17, 15) is 8.42 Å². The summed E-state index contributed by atoms with van der Waals surface area (Å²) in [7, 11) is -1.38. The van der Waals surface area contributed by atoms with E-state index < -0.39 is 10.0 Å². The second kappa shape index (κ2) is 6.60. The molecule has 6 heteroatoms. The fourth-order valence-corrected chi connectivity index (χ4v) is 3.06. The zero-order valence-electron chi connectivity index (χ0n) is 12.6. The minimum absolute atomic E-state index is 0.0158. The third-order valence-electron chi connectivity index (χ3n) is 3.63. The number of primary sulfonamides is 1. The third-order valence-corrected chi connectivity index (χ3v) is 4.41. The van der Waals surface area contributed by atoms with Gasteiger partial charge >= 0.3 is 0 Å². The Morgan fingerprint density at radius 1 is 1.29 bits per heavy atom. The van der Waals surface area contributed by atoms with Crippen LogP contribution in [0.2, 0.25) is 0 Å². The molecule has 1 aromatic carbocycles. The van der Waals surface area contributed by atoms with Crippen molar-refractivity contribution < 1.29 is 8.42 Å². The smallest absolute Gasteiger partial charge is 0.209 e. The van der Waals surface area contributed by atoms with Crippen LogP contribution < -0.4 is 10.5 Å². The molecule has 0 aliphatic rings. The first-order chi connectivity index (χ1) is 9.90. The quantitative estimate of drug-likeness (QED) is 0.754. The summed E-state index contributed by atoms with van der Waals surface area (Å²) in [6, 6.07) is 6.11. The second-order valence-corrected chi connectivity index (χ2v) is 7.07. The maximum absolute atomic E-state index is 11.1. The molecule has 3 N–H and O–H groups in total. The highest BCUT2D eigenvalue weighted by Gasteiger charge is 2.09. The van der Waals surface area contributed by atoms with E-state index >= 15 is 0 Å². The Hall–Kier alpha value is -1.37. The average molecular weight is 309 g/mol. The van der Waals surface area contributed by atoms with Crippen LogP contribution in [0, 0.1) is 0 Å². The molecule has 0 bridgehead atoms. The van der Waals surface area contributed by atoms with Gasteiger partial charge in [0.1, 0.15) is 0 Å². The summed E-state index contributed by atoms with van der Waals surface area (Å²) in [5.41, 5.74) is 3.46. The van der Waals surface area contributed by atoms with Gasteiger partial charge in [-0.25, -0.2) is 13.6 Å². The van der Waals surface area contributed by atoms with E-state index in [4.69, 9.17) is 5.14 Å². The molecule has 0 unspecified atom stereocenters. The summed E-state index contributed by atoms with van der Waals surface area (Å²) < 4.78 is 24.3. The molecule has 0 aliphatic carbocycles. The first-order valence-electron chi connectivity index (χ1n) is 7.18. The number of nitrogens with two attached hydrogens (primary N) is 1. The Kier molecular flexibility index (Phi) is 5.03. The van der Waals surface area contributed by atoms with E-state index in [1.54, 1.807) is 0 Å². The van der Waals surface area contributed by atoms with Crippen LogP contribution in [-0.4, -0.2) is 31.8 Å². The summed E-state index contributed by atoms with van der Waals surface area (Å²) >= 11 is 0. The van der Waals surface area contributed by atoms with Crippen molar-refractivity contribution in [3.8, 4) is 0 Å². The molecule has 1 heterocycles. The van der Waals surface area contributed by atoms with Gasteiger partial charge in [-0.2, -0.15) is 0 Å². The van der Waals surface area contributed by atoms with Crippen LogP contribution >= 0.6 is 0 Å². The molecule has 0 radical (unpaired) electrons. The summed E-state index contributed by atoms with van der Waals surface area (Å²) in [5.74, 6) is -0.0158. The van der Waals surface area contributed by atoms with Crippen LogP contribution in [0.3, 0.4) is 0 Å². The van der Waals surface area contributed by atoms with Gasteiger partial charge in [0, 0.05) is 24.1 Å². The Morgan fingerprint density at radius 2 is 2.05 bits per heavy atom. The van der Waals surface area contributed by atoms with Gasteiger partial charge in [-0.15, -0.1) is 0 Å². The van der Waals surface area contributed by atoms with Gasteiger partial charge in [-0.05, 0) is 49.2 Å². The number of nitrogens with one attached hydrogen (secondary N) is 1. The van der Waals surface area contributed by atoms with Crippen molar-refractivity contribution in [2.75, 3.05) is 18.8 Å². The van der Waals surface area contributed by atoms with Crippen LogP contribution in [0.5, 0.6) is 0 Å². The maximum Gasteiger partial charge on any atom is 0.209 e. The van der Waals surface area contributed by atoms with Gasteiger partial charge in [-0.3, -0.25) is 0 Å². The number of sulfonamides is 1. The fourth-order valence-electron chi connectivity index (χ4n) is 2.54. The summed E-state index contributed by atoms with van der Waals surface area (Å²) in [4.78, 5) is 0. The molecular weight excluding hydrogens is 286 g/mol. The monoisotopic (exact) mass is 309 g/mol. The van der Waals surface area contributed by atoms with Crippen molar-refractivity contribution in [2.45, 2.75) is 19.8 Å². The van der Waals surface area contributed by atoms with Gasteiger partial charge in [-0.1, -0.05) is 13.0 Å². The molecule has 1 aromatic heterocycles. The standard InChI is InChI=1S/C15H23N3O2S/c1-3-17-8-6-13-11-18(2)15-5-4-12(10-14(13)15)7-9-21(16,19)20/h4-5,10-11,17H,3,6-9H2,1-2H3,(H2,16,19,20). The van der Waals surface area contributed by atoms with E-state index in [-0.39, 0.29) is 5.75 Å². The van der Waals surface area contributed by atoms with E-state index in [1.807, 2.05) is 19.2 Å². The van der Waals surface area contributed by atoms with Gasteiger partial charge in [0.2, 0.25) is 10.0 Å². The van der Waals surface area contributed by atoms with E-state index in [0.29, 0.717) is 6.42 Å². The SMILES string of the molecule is CCNCCc1cn(C)c2ccc(CCS(N)(=O)=O)cc12. The molecule has 0 atom stereocenters. The molecule has 21 heavy (non-hydrogen) atoms. The number of nitrogens with zero attached hydrogens (tertiary/aromatic N) is 1. The molecule has 0 spiro atoms. The minimum Gasteiger partial charge on any atom is -0.350 e. The predicted octanol–water partition coefficient (Wildman–Crippen LogP) is 1.16. The number of benzene rings is 1. The minimum atomic E-state index is -3.41. The molecule has 2 aromatic rings. The average Bonchev–Trinajstić information content (AvgIpc) is 2.73. The van der Waals surface area contributed by atoms with Crippen LogP contribution in [-0.2, 0) is 29.9 Å². The molecule has 0 amide bonds. The van der Waals surface area contributed by atoms with Crippen LogP contribution in [0.4, 0.5) is 0 Å². The predicted molar refractivity (Wildman–Crippen MR) is 86.8 cm³/mol. The molecule has 0 fully saturated rings. The Bertz CT molecular complexity index is 720. The lowest BCUT2D eigenvalue weighted by atomic mass is 10.1. The van der Waals surface area contributed by atoms with Crippen LogP contribution in [0.1, 0.15) is 18.1 Å². The van der Waals surface area contributed by atoms with E-state index in [1.165, 1.54) is 16.5 Å². The lowest BCUT2D eigenvalue weighted by molar-refractivity contribution is 0.597. The summed E-state index contributed by atoms with van der Waals surface area (Å²) in [6.07, 6.45) is 3.56. The van der Waals surface area contributed by atoms with Crippen molar-refractivity contribution in [3.05, 3.63) is 35.5 Å². The number of hydrogen-bond donors (Lipinski definition) is 2. The number of likely N-dealkylation sites (N-methyl/N-ethyl adjacent to an activating group) is 1. The van der Waals surface area contributed by atoms with Gasteiger partial charge < -0.3 is 9.88 Å². The highest BCUT2D eigenvalue weighted by Crippen LogP contribution is 2.23. The van der Waals surface area contributed by atoms with Crippen molar-refractivity contribution >= 4 is 20.9 Å². The largest absolute Gasteiger partial charge is 0.350 e. The van der Waals surface area contributed by atoms with Gasteiger partial charge in [0.05, 0.1) is 5.75 Å². The topological polar surface area (TPSA) is 77.1 Å². The molecule has 2 rings (SSSR count). The van der Waals surface area contributed by atoms with Crippen LogP contribution in [0.25, 0.3) is 10.9 Å². The number of rotatable bonds is 7. The Balaban J connectivity index is 2.25. The Morgan fingerprint density at radius 3 is 2.71 bits per heavy atom. The van der Waals surface area contributed by atoms with Crippen molar-refractivity contribution in [2.24, 2.45) is 12.2 Å².